The SMILES string of the molecule is CC(C)(C)C1=C(C(C)(C)C)CC(C(C)(C)C)C(CCCCc2cc(C(C)(C)C)c(C(C)(C)C)cc2C(C)(C)C)=C1. The van der Waals surface area contributed by atoms with Crippen LogP contribution < -0.4 is 0 Å². The highest BCUT2D eigenvalue weighted by Crippen LogP contribution is 2.50. The van der Waals surface area contributed by atoms with E-state index >= 15 is 0 Å². The summed E-state index contributed by atoms with van der Waals surface area (Å²) in [7, 11) is 0. The smallest absolute Gasteiger partial charge is 0.0114 e. The van der Waals surface area contributed by atoms with Crippen LogP contribution in [0, 0.1) is 22.2 Å². The molecule has 0 amide bonds. The van der Waals surface area contributed by atoms with Crippen molar-refractivity contribution in [2.45, 2.75) is 173 Å². The number of allylic oxidation sites excluding steroid dienone is 4. The van der Waals surface area contributed by atoms with E-state index in [1.807, 2.05) is 0 Å². The highest BCUT2D eigenvalue weighted by Gasteiger charge is 2.38. The van der Waals surface area contributed by atoms with Crippen LogP contribution in [-0.2, 0) is 22.7 Å². The summed E-state index contributed by atoms with van der Waals surface area (Å²) in [6, 6.07) is 5.17. The van der Waals surface area contributed by atoms with Gasteiger partial charge in [-0.25, -0.2) is 0 Å². The minimum atomic E-state index is 0.140. The third-order valence-electron chi connectivity index (χ3n) is 9.10. The van der Waals surface area contributed by atoms with Crippen molar-refractivity contribution in [3.05, 3.63) is 57.2 Å². The normalized spacial score (nSPS) is 18.4. The van der Waals surface area contributed by atoms with Crippen molar-refractivity contribution in [3.8, 4) is 0 Å². The lowest BCUT2D eigenvalue weighted by molar-refractivity contribution is 0.250. The van der Waals surface area contributed by atoms with Gasteiger partial charge in [0.2, 0.25) is 0 Å². The fourth-order valence-electron chi connectivity index (χ4n) is 6.74. The molecule has 0 fully saturated rings. The van der Waals surface area contributed by atoms with E-state index in [0.29, 0.717) is 5.92 Å². The summed E-state index contributed by atoms with van der Waals surface area (Å²) < 4.78 is 0. The maximum atomic E-state index is 2.65. The van der Waals surface area contributed by atoms with Gasteiger partial charge in [-0.05, 0) is 98.3 Å². The average Bonchev–Trinajstić information content (AvgIpc) is 2.71. The van der Waals surface area contributed by atoms with Gasteiger partial charge < -0.3 is 0 Å². The number of unbranched alkanes of at least 4 members (excludes halogenated alkanes) is 1. The van der Waals surface area contributed by atoms with E-state index in [-0.39, 0.29) is 32.5 Å². The summed E-state index contributed by atoms with van der Waals surface area (Å²) in [5.74, 6) is 0.622. The second kappa shape index (κ2) is 11.4. The summed E-state index contributed by atoms with van der Waals surface area (Å²) in [4.78, 5) is 0. The molecule has 1 atom stereocenters. The maximum Gasteiger partial charge on any atom is -0.0114 e. The molecule has 1 aromatic rings. The van der Waals surface area contributed by atoms with Gasteiger partial charge in [0, 0.05) is 0 Å². The molecular weight excluding hydrogens is 480 g/mol. The predicted octanol–water partition coefficient (Wildman–Crippen LogP) is 12.7. The van der Waals surface area contributed by atoms with Crippen molar-refractivity contribution in [1.29, 1.82) is 0 Å². The quantitative estimate of drug-likeness (QED) is 0.321. The van der Waals surface area contributed by atoms with Gasteiger partial charge in [-0.15, -0.1) is 0 Å². The molecule has 2 rings (SSSR count). The van der Waals surface area contributed by atoms with Crippen molar-refractivity contribution in [3.63, 3.8) is 0 Å². The first-order valence-corrected chi connectivity index (χ1v) is 16.3. The van der Waals surface area contributed by atoms with Crippen LogP contribution in [0.1, 0.15) is 173 Å². The second-order valence-electron chi connectivity index (χ2n) is 19.2. The second-order valence-corrected chi connectivity index (χ2v) is 19.2. The number of hydrogen-bond acceptors (Lipinski definition) is 0. The van der Waals surface area contributed by atoms with Crippen LogP contribution in [0.3, 0.4) is 0 Å². The Labute approximate surface area is 251 Å². The summed E-state index contributed by atoms with van der Waals surface area (Å²) >= 11 is 0. The Balaban J connectivity index is 2.44. The van der Waals surface area contributed by atoms with Gasteiger partial charge in [-0.3, -0.25) is 0 Å². The summed E-state index contributed by atoms with van der Waals surface area (Å²) in [5.41, 5.74) is 12.2. The molecular formula is C40H68. The molecule has 0 spiro atoms. The molecule has 228 valence electrons. The highest BCUT2D eigenvalue weighted by atomic mass is 14.4. The van der Waals surface area contributed by atoms with E-state index in [2.05, 4.69) is 143 Å². The summed E-state index contributed by atoms with van der Waals surface area (Å²) in [5, 5.41) is 0. The van der Waals surface area contributed by atoms with Crippen LogP contribution in [0.2, 0.25) is 0 Å². The topological polar surface area (TPSA) is 0 Å². The Bertz CT molecular complexity index is 1090. The van der Waals surface area contributed by atoms with E-state index in [0.717, 1.165) is 0 Å². The molecule has 1 aliphatic rings. The van der Waals surface area contributed by atoms with E-state index in [1.165, 1.54) is 43.2 Å². The first-order chi connectivity index (χ1) is 17.6. The fraction of sp³-hybridized carbons (Fsp3) is 0.750. The third-order valence-corrected chi connectivity index (χ3v) is 9.10. The van der Waals surface area contributed by atoms with Crippen molar-refractivity contribution >= 4 is 0 Å². The Morgan fingerprint density at radius 2 is 0.975 bits per heavy atom. The number of benzene rings is 1. The molecule has 0 heteroatoms. The van der Waals surface area contributed by atoms with E-state index in [4.69, 9.17) is 0 Å². The van der Waals surface area contributed by atoms with Gasteiger partial charge >= 0.3 is 0 Å². The minimum absolute atomic E-state index is 0.140. The van der Waals surface area contributed by atoms with Crippen molar-refractivity contribution in [2.24, 2.45) is 22.2 Å². The standard InChI is InChI=1S/C40H68/c1-35(2,3)29-25-33(39(13,14)15)31(37(7,8)9)23-27(29)21-19-20-22-28-24-32(38(10,11)12)34(40(16,17)18)26-30(28)36(4,5)6/h23-25,30H,19-22,26H2,1-18H3. The van der Waals surface area contributed by atoms with E-state index < -0.39 is 0 Å². The summed E-state index contributed by atoms with van der Waals surface area (Å²) in [6.07, 6.45) is 8.75. The lowest BCUT2D eigenvalue weighted by atomic mass is 9.62. The molecule has 0 N–H and O–H groups in total. The molecule has 0 heterocycles. The molecule has 0 bridgehead atoms. The van der Waals surface area contributed by atoms with Gasteiger partial charge in [-0.1, -0.05) is 154 Å². The van der Waals surface area contributed by atoms with Gasteiger partial charge in [0.1, 0.15) is 0 Å². The molecule has 0 saturated heterocycles. The first kappa shape index (κ1) is 34.9. The van der Waals surface area contributed by atoms with Crippen molar-refractivity contribution < 1.29 is 0 Å². The predicted molar refractivity (Wildman–Crippen MR) is 182 cm³/mol. The Morgan fingerprint density at radius 1 is 0.525 bits per heavy atom. The third kappa shape index (κ3) is 8.61. The molecule has 0 nitrogen and oxygen atoms in total. The van der Waals surface area contributed by atoms with Gasteiger partial charge in [0.05, 0.1) is 0 Å². The van der Waals surface area contributed by atoms with Crippen LogP contribution in [-0.4, -0.2) is 0 Å². The van der Waals surface area contributed by atoms with E-state index in [1.54, 1.807) is 27.8 Å². The van der Waals surface area contributed by atoms with Crippen molar-refractivity contribution in [1.82, 2.24) is 0 Å². The van der Waals surface area contributed by atoms with Crippen LogP contribution in [0.25, 0.3) is 0 Å². The zero-order valence-electron chi connectivity index (χ0n) is 30.3. The molecule has 40 heavy (non-hydrogen) atoms. The Kier molecular flexibility index (Phi) is 9.96. The number of aryl methyl sites for hydroxylation is 1. The van der Waals surface area contributed by atoms with Gasteiger partial charge in [0.25, 0.3) is 0 Å². The van der Waals surface area contributed by atoms with Crippen LogP contribution >= 0.6 is 0 Å². The number of hydrogen-bond donors (Lipinski definition) is 0. The highest BCUT2D eigenvalue weighted by molar-refractivity contribution is 5.47. The molecule has 0 aliphatic heterocycles. The van der Waals surface area contributed by atoms with Crippen LogP contribution in [0.4, 0.5) is 0 Å². The first-order valence-electron chi connectivity index (χ1n) is 16.3. The zero-order chi connectivity index (χ0) is 31.3. The van der Waals surface area contributed by atoms with E-state index in [9.17, 15) is 0 Å². The lowest BCUT2D eigenvalue weighted by Gasteiger charge is -2.43. The molecule has 1 unspecified atom stereocenters. The van der Waals surface area contributed by atoms with Gasteiger partial charge in [-0.2, -0.15) is 0 Å². The summed E-state index contributed by atoms with van der Waals surface area (Å²) in [6.45, 7) is 43.3. The monoisotopic (exact) mass is 549 g/mol. The zero-order valence-corrected chi connectivity index (χ0v) is 30.3. The molecule has 1 aliphatic carbocycles. The fourth-order valence-corrected chi connectivity index (χ4v) is 6.74. The van der Waals surface area contributed by atoms with Crippen LogP contribution in [0.5, 0.6) is 0 Å². The largest absolute Gasteiger partial charge is 0.0660 e. The molecule has 0 saturated carbocycles. The van der Waals surface area contributed by atoms with Crippen LogP contribution in [0.15, 0.2) is 34.9 Å². The number of rotatable bonds is 5. The molecule has 1 aromatic carbocycles. The Hall–Kier alpha value is -1.30. The van der Waals surface area contributed by atoms with Crippen molar-refractivity contribution in [2.75, 3.05) is 0 Å². The lowest BCUT2D eigenvalue weighted by Crippen LogP contribution is -2.31. The maximum absolute atomic E-state index is 2.65. The molecule has 0 aromatic heterocycles. The van der Waals surface area contributed by atoms with Gasteiger partial charge in [0.15, 0.2) is 0 Å². The average molecular weight is 549 g/mol. The Morgan fingerprint density at radius 3 is 1.38 bits per heavy atom. The molecule has 0 radical (unpaired) electrons. The minimum Gasteiger partial charge on any atom is -0.0660 e.